The molecule has 1 aromatic heterocycles. The van der Waals surface area contributed by atoms with E-state index in [9.17, 15) is 0 Å². The minimum absolute atomic E-state index is 0.991. The third-order valence-electron chi connectivity index (χ3n) is 2.71. The molecule has 0 spiro atoms. The summed E-state index contributed by atoms with van der Waals surface area (Å²) in [4.78, 5) is 10.9. The van der Waals surface area contributed by atoms with Crippen LogP contribution in [-0.2, 0) is 0 Å². The largest absolute Gasteiger partial charge is 0.309 e. The second-order valence-corrected chi connectivity index (χ2v) is 5.73. The van der Waals surface area contributed by atoms with E-state index in [1.165, 1.54) is 6.42 Å². The second-order valence-electron chi connectivity index (χ2n) is 4.61. The van der Waals surface area contributed by atoms with E-state index in [0.29, 0.717) is 0 Å². The zero-order chi connectivity index (χ0) is 13.5. The molecule has 0 bridgehead atoms. The Morgan fingerprint density at radius 2 is 1.89 bits per heavy atom. The highest BCUT2D eigenvalue weighted by molar-refractivity contribution is 7.99. The molecule has 1 heterocycles. The molecule has 0 amide bonds. The lowest BCUT2D eigenvalue weighted by atomic mass is 10.1. The molecule has 2 rings (SSSR count). The molecular formula is C15H19N3S. The van der Waals surface area contributed by atoms with Gasteiger partial charge in [0.25, 0.3) is 0 Å². The number of hydrogen-bond donors (Lipinski definition) is 0. The van der Waals surface area contributed by atoms with Gasteiger partial charge < -0.3 is 4.90 Å². The van der Waals surface area contributed by atoms with Crippen molar-refractivity contribution in [2.24, 2.45) is 0 Å². The van der Waals surface area contributed by atoms with Crippen LogP contribution >= 0.6 is 11.8 Å². The van der Waals surface area contributed by atoms with Crippen LogP contribution < -0.4 is 0 Å². The molecule has 1 aromatic carbocycles. The predicted octanol–water partition coefficient (Wildman–Crippen LogP) is 3.19. The van der Waals surface area contributed by atoms with Crippen LogP contribution in [0.5, 0.6) is 0 Å². The molecular weight excluding hydrogens is 254 g/mol. The first-order valence-corrected chi connectivity index (χ1v) is 7.39. The van der Waals surface area contributed by atoms with Gasteiger partial charge >= 0.3 is 0 Å². The molecule has 19 heavy (non-hydrogen) atoms. The Kier molecular flexibility index (Phi) is 5.36. The van der Waals surface area contributed by atoms with Crippen molar-refractivity contribution in [1.82, 2.24) is 14.9 Å². The van der Waals surface area contributed by atoms with E-state index in [0.717, 1.165) is 28.6 Å². The molecule has 0 aliphatic carbocycles. The molecule has 0 atom stereocenters. The highest BCUT2D eigenvalue weighted by Crippen LogP contribution is 2.22. The van der Waals surface area contributed by atoms with E-state index < -0.39 is 0 Å². The van der Waals surface area contributed by atoms with Gasteiger partial charge in [-0.2, -0.15) is 0 Å². The van der Waals surface area contributed by atoms with Crippen molar-refractivity contribution in [3.8, 4) is 11.3 Å². The van der Waals surface area contributed by atoms with Crippen LogP contribution in [0.1, 0.15) is 6.42 Å². The van der Waals surface area contributed by atoms with Crippen molar-refractivity contribution >= 4 is 11.8 Å². The van der Waals surface area contributed by atoms with Gasteiger partial charge in [0.1, 0.15) is 6.33 Å². The van der Waals surface area contributed by atoms with Crippen LogP contribution in [0.3, 0.4) is 0 Å². The smallest absolute Gasteiger partial charge is 0.117 e. The van der Waals surface area contributed by atoms with Crippen LogP contribution in [-0.4, -0.2) is 41.3 Å². The summed E-state index contributed by atoms with van der Waals surface area (Å²) in [5, 5.41) is 1.05. The average molecular weight is 273 g/mol. The molecule has 0 saturated heterocycles. The van der Waals surface area contributed by atoms with Gasteiger partial charge in [-0.3, -0.25) is 0 Å². The number of aromatic nitrogens is 2. The van der Waals surface area contributed by atoms with Gasteiger partial charge in [0, 0.05) is 11.3 Å². The fourth-order valence-electron chi connectivity index (χ4n) is 1.74. The Hall–Kier alpha value is -1.39. The lowest BCUT2D eigenvalue weighted by molar-refractivity contribution is 0.410. The van der Waals surface area contributed by atoms with Crippen molar-refractivity contribution in [1.29, 1.82) is 0 Å². The molecule has 3 nitrogen and oxygen atoms in total. The minimum Gasteiger partial charge on any atom is -0.309 e. The van der Waals surface area contributed by atoms with Crippen molar-refractivity contribution in [2.45, 2.75) is 11.4 Å². The molecule has 0 aliphatic rings. The van der Waals surface area contributed by atoms with Crippen molar-refractivity contribution in [3.63, 3.8) is 0 Å². The van der Waals surface area contributed by atoms with E-state index in [-0.39, 0.29) is 0 Å². The minimum atomic E-state index is 0.991. The SMILES string of the molecule is CN(C)CCCSc1cc(-c2ccccc2)ncn1. The standard InChI is InChI=1S/C15H19N3S/c1-18(2)9-6-10-19-15-11-14(16-12-17-15)13-7-4-3-5-8-13/h3-5,7-8,11-12H,6,9-10H2,1-2H3. The monoisotopic (exact) mass is 273 g/mol. The molecule has 100 valence electrons. The highest BCUT2D eigenvalue weighted by Gasteiger charge is 2.02. The second kappa shape index (κ2) is 7.26. The molecule has 4 heteroatoms. The molecule has 0 saturated carbocycles. The molecule has 0 fully saturated rings. The van der Waals surface area contributed by atoms with Gasteiger partial charge in [-0.15, -0.1) is 11.8 Å². The third kappa shape index (κ3) is 4.65. The predicted molar refractivity (Wildman–Crippen MR) is 81.4 cm³/mol. The Labute approximate surface area is 119 Å². The fourth-order valence-corrected chi connectivity index (χ4v) is 2.54. The lowest BCUT2D eigenvalue weighted by Crippen LogP contribution is -2.13. The summed E-state index contributed by atoms with van der Waals surface area (Å²) in [5.74, 6) is 1.09. The summed E-state index contributed by atoms with van der Waals surface area (Å²) >= 11 is 1.79. The maximum absolute atomic E-state index is 4.33. The summed E-state index contributed by atoms with van der Waals surface area (Å²) in [6.45, 7) is 1.11. The Morgan fingerprint density at radius 1 is 1.11 bits per heavy atom. The van der Waals surface area contributed by atoms with E-state index in [2.05, 4.69) is 47.2 Å². The van der Waals surface area contributed by atoms with Gasteiger partial charge in [-0.1, -0.05) is 30.3 Å². The van der Waals surface area contributed by atoms with Crippen LogP contribution in [0.2, 0.25) is 0 Å². The van der Waals surface area contributed by atoms with Gasteiger partial charge in [0.15, 0.2) is 0 Å². The first kappa shape index (κ1) is 14.0. The van der Waals surface area contributed by atoms with Gasteiger partial charge in [0.05, 0.1) is 10.7 Å². The van der Waals surface area contributed by atoms with Crippen LogP contribution in [0.25, 0.3) is 11.3 Å². The normalized spacial score (nSPS) is 10.9. The Morgan fingerprint density at radius 3 is 2.63 bits per heavy atom. The van der Waals surface area contributed by atoms with E-state index in [4.69, 9.17) is 0 Å². The molecule has 0 radical (unpaired) electrons. The number of rotatable bonds is 6. The van der Waals surface area contributed by atoms with Gasteiger partial charge in [0.2, 0.25) is 0 Å². The van der Waals surface area contributed by atoms with E-state index in [1.54, 1.807) is 18.1 Å². The van der Waals surface area contributed by atoms with E-state index >= 15 is 0 Å². The molecule has 0 unspecified atom stereocenters. The summed E-state index contributed by atoms with van der Waals surface area (Å²) < 4.78 is 0. The first-order valence-electron chi connectivity index (χ1n) is 6.41. The molecule has 0 N–H and O–H groups in total. The van der Waals surface area contributed by atoms with Crippen molar-refractivity contribution < 1.29 is 0 Å². The zero-order valence-electron chi connectivity index (χ0n) is 11.4. The Balaban J connectivity index is 1.96. The number of thioether (sulfide) groups is 1. The average Bonchev–Trinajstić information content (AvgIpc) is 2.45. The van der Waals surface area contributed by atoms with Crippen LogP contribution in [0.15, 0.2) is 47.8 Å². The van der Waals surface area contributed by atoms with Crippen molar-refractivity contribution in [3.05, 3.63) is 42.7 Å². The number of nitrogens with zero attached hydrogens (tertiary/aromatic N) is 3. The first-order chi connectivity index (χ1) is 9.25. The van der Waals surface area contributed by atoms with E-state index in [1.807, 2.05) is 18.2 Å². The highest BCUT2D eigenvalue weighted by atomic mass is 32.2. The lowest BCUT2D eigenvalue weighted by Gasteiger charge is -2.08. The summed E-state index contributed by atoms with van der Waals surface area (Å²) in [5.41, 5.74) is 2.13. The van der Waals surface area contributed by atoms with Crippen LogP contribution in [0, 0.1) is 0 Å². The maximum atomic E-state index is 4.33. The summed E-state index contributed by atoms with van der Waals surface area (Å²) in [6.07, 6.45) is 2.82. The quantitative estimate of drug-likeness (QED) is 0.459. The zero-order valence-corrected chi connectivity index (χ0v) is 12.2. The summed E-state index contributed by atoms with van der Waals surface area (Å²) in [7, 11) is 4.20. The summed E-state index contributed by atoms with van der Waals surface area (Å²) in [6, 6.07) is 12.3. The van der Waals surface area contributed by atoms with Gasteiger partial charge in [-0.05, 0) is 33.1 Å². The maximum Gasteiger partial charge on any atom is 0.117 e. The fraction of sp³-hybridized carbons (Fsp3) is 0.333. The molecule has 0 aliphatic heterocycles. The molecule has 2 aromatic rings. The van der Waals surface area contributed by atoms with Crippen molar-refractivity contribution in [2.75, 3.05) is 26.4 Å². The van der Waals surface area contributed by atoms with Gasteiger partial charge in [-0.25, -0.2) is 9.97 Å². The topological polar surface area (TPSA) is 29.0 Å². The number of benzene rings is 1. The Bertz CT molecular complexity index is 500. The van der Waals surface area contributed by atoms with Crippen LogP contribution in [0.4, 0.5) is 0 Å². The third-order valence-corrected chi connectivity index (χ3v) is 3.72. The number of hydrogen-bond acceptors (Lipinski definition) is 4.